The number of rotatable bonds is 7. The van der Waals surface area contributed by atoms with E-state index in [0.29, 0.717) is 23.6 Å². The van der Waals surface area contributed by atoms with E-state index in [-0.39, 0.29) is 0 Å². The average molecular weight is 401 g/mol. The number of hydrogen-bond donors (Lipinski definition) is 2. The van der Waals surface area contributed by atoms with Crippen LogP contribution in [-0.2, 0) is 6.54 Å². The molecular weight excluding hydrogens is 375 g/mol. The molecule has 2 aliphatic rings. The third-order valence-corrected chi connectivity index (χ3v) is 6.08. The van der Waals surface area contributed by atoms with Crippen molar-refractivity contribution >= 4 is 23.0 Å². The van der Waals surface area contributed by atoms with Gasteiger partial charge >= 0.3 is 0 Å². The van der Waals surface area contributed by atoms with Gasteiger partial charge in [-0.2, -0.15) is 5.11 Å². The van der Waals surface area contributed by atoms with Gasteiger partial charge in [0, 0.05) is 31.7 Å². The summed E-state index contributed by atoms with van der Waals surface area (Å²) in [7, 11) is 0. The molecule has 1 aliphatic carbocycles. The minimum absolute atomic E-state index is 0.498. The number of hydrogen-bond acceptors (Lipinski definition) is 4. The highest BCUT2D eigenvalue weighted by molar-refractivity contribution is 6.36. The van der Waals surface area contributed by atoms with Crippen molar-refractivity contribution in [1.29, 1.82) is 5.53 Å². The van der Waals surface area contributed by atoms with Gasteiger partial charge in [-0.15, -0.1) is 0 Å². The molecule has 0 bridgehead atoms. The van der Waals surface area contributed by atoms with Gasteiger partial charge in [0.25, 0.3) is 0 Å². The molecule has 1 aliphatic heterocycles. The first-order valence-corrected chi connectivity index (χ1v) is 10.4. The van der Waals surface area contributed by atoms with E-state index in [1.807, 2.05) is 12.1 Å². The molecule has 0 unspecified atom stereocenters. The molecule has 0 atom stereocenters. The van der Waals surface area contributed by atoms with Crippen LogP contribution in [0.4, 0.5) is 15.8 Å². The molecule has 6 heteroatoms. The normalized spacial score (nSPS) is 18.2. The first-order chi connectivity index (χ1) is 13.6. The van der Waals surface area contributed by atoms with Crippen LogP contribution in [0.3, 0.4) is 0 Å². The summed E-state index contributed by atoms with van der Waals surface area (Å²) in [6.07, 6.45) is 3.16. The van der Waals surface area contributed by atoms with E-state index in [9.17, 15) is 4.39 Å². The van der Waals surface area contributed by atoms with Crippen LogP contribution in [0.1, 0.15) is 31.2 Å². The summed E-state index contributed by atoms with van der Waals surface area (Å²) >= 11 is 6.59. The molecule has 0 aromatic heterocycles. The molecule has 2 N–H and O–H groups in total. The number of alkyl halides is 1. The van der Waals surface area contributed by atoms with Crippen LogP contribution in [0.2, 0.25) is 5.02 Å². The van der Waals surface area contributed by atoms with Crippen molar-refractivity contribution in [2.24, 2.45) is 11.0 Å². The van der Waals surface area contributed by atoms with Crippen LogP contribution in [0, 0.1) is 11.4 Å². The van der Waals surface area contributed by atoms with Gasteiger partial charge in [-0.3, -0.25) is 4.90 Å². The predicted molar refractivity (Wildman–Crippen MR) is 112 cm³/mol. The quantitative estimate of drug-likeness (QED) is 0.526. The van der Waals surface area contributed by atoms with Crippen molar-refractivity contribution in [3.05, 3.63) is 47.0 Å². The predicted octanol–water partition coefficient (Wildman–Crippen LogP) is 6.43. The molecule has 0 radical (unpaired) electrons. The van der Waals surface area contributed by atoms with Gasteiger partial charge < -0.3 is 5.32 Å². The van der Waals surface area contributed by atoms with E-state index < -0.39 is 6.17 Å². The minimum Gasteiger partial charge on any atom is -0.383 e. The van der Waals surface area contributed by atoms with Crippen LogP contribution >= 0.6 is 11.6 Å². The Balaban J connectivity index is 1.47. The van der Waals surface area contributed by atoms with E-state index in [1.54, 1.807) is 0 Å². The number of nitrogens with zero attached hydrogens (tertiary/aromatic N) is 2. The maximum Gasteiger partial charge on any atom is 0.127 e. The second-order valence-electron chi connectivity index (χ2n) is 7.91. The first-order valence-electron chi connectivity index (χ1n) is 10.0. The summed E-state index contributed by atoms with van der Waals surface area (Å²) in [5.41, 5.74) is 12.0. The van der Waals surface area contributed by atoms with Crippen molar-refractivity contribution in [2.45, 2.75) is 38.4 Å². The molecule has 0 spiro atoms. The van der Waals surface area contributed by atoms with Crippen LogP contribution < -0.4 is 5.32 Å². The van der Waals surface area contributed by atoms with Crippen molar-refractivity contribution in [1.82, 2.24) is 4.90 Å². The minimum atomic E-state index is -0.640. The van der Waals surface area contributed by atoms with Gasteiger partial charge in [0.1, 0.15) is 11.9 Å². The highest BCUT2D eigenvalue weighted by atomic mass is 35.5. The van der Waals surface area contributed by atoms with Crippen LogP contribution in [0.25, 0.3) is 11.1 Å². The molecule has 1 heterocycles. The molecule has 1 saturated carbocycles. The van der Waals surface area contributed by atoms with Gasteiger partial charge in [0.05, 0.1) is 10.7 Å². The van der Waals surface area contributed by atoms with E-state index in [4.69, 9.17) is 17.1 Å². The second-order valence-corrected chi connectivity index (χ2v) is 8.29. The van der Waals surface area contributed by atoms with Gasteiger partial charge in [-0.05, 0) is 48.8 Å². The van der Waals surface area contributed by atoms with Crippen LogP contribution in [0.15, 0.2) is 41.5 Å². The summed E-state index contributed by atoms with van der Waals surface area (Å²) in [5, 5.41) is 7.55. The number of piperidine rings is 1. The van der Waals surface area contributed by atoms with Crippen molar-refractivity contribution in [3.63, 3.8) is 0 Å². The fourth-order valence-corrected chi connectivity index (χ4v) is 4.04. The van der Waals surface area contributed by atoms with E-state index in [0.717, 1.165) is 48.9 Å². The highest BCUT2D eigenvalue weighted by Gasteiger charge is 2.22. The summed E-state index contributed by atoms with van der Waals surface area (Å²) in [4.78, 5) is 2.30. The van der Waals surface area contributed by atoms with E-state index in [1.165, 1.54) is 18.4 Å². The van der Waals surface area contributed by atoms with Crippen molar-refractivity contribution in [2.75, 3.05) is 25.0 Å². The topological polar surface area (TPSA) is 51.5 Å². The number of benzene rings is 2. The zero-order valence-electron chi connectivity index (χ0n) is 15.9. The lowest BCUT2D eigenvalue weighted by atomic mass is 10.0. The Morgan fingerprint density at radius 3 is 2.43 bits per heavy atom. The largest absolute Gasteiger partial charge is 0.383 e. The van der Waals surface area contributed by atoms with Crippen molar-refractivity contribution in [3.8, 4) is 11.1 Å². The highest BCUT2D eigenvalue weighted by Crippen LogP contribution is 2.41. The molecule has 2 aromatic carbocycles. The molecule has 2 aromatic rings. The number of halogens is 2. The Hall–Kier alpha value is -1.98. The fourth-order valence-electron chi connectivity index (χ4n) is 3.72. The summed E-state index contributed by atoms with van der Waals surface area (Å²) in [6.45, 7) is 3.39. The standard InChI is InChI=1S/C22H26ClFN4/c23-21-19(7-8-20(22(21)27-25)26-13-15-1-2-15)17-5-3-16(4-6-17)14-28-11-9-18(24)10-12-28/h3-8,15,18,25-26H,1-2,9-14H2. The summed E-state index contributed by atoms with van der Waals surface area (Å²) in [5.74, 6) is 0.736. The fraction of sp³-hybridized carbons (Fsp3) is 0.455. The smallest absolute Gasteiger partial charge is 0.127 e. The third kappa shape index (κ3) is 4.53. The number of likely N-dealkylation sites (tertiary alicyclic amines) is 1. The molecule has 4 rings (SSSR count). The third-order valence-electron chi connectivity index (χ3n) is 5.69. The Morgan fingerprint density at radius 1 is 1.07 bits per heavy atom. The average Bonchev–Trinajstić information content (AvgIpc) is 3.53. The lowest BCUT2D eigenvalue weighted by Crippen LogP contribution is -2.33. The van der Waals surface area contributed by atoms with Gasteiger partial charge in [-0.1, -0.05) is 41.9 Å². The van der Waals surface area contributed by atoms with Crippen LogP contribution in [-0.4, -0.2) is 30.7 Å². The maximum absolute atomic E-state index is 13.3. The number of anilines is 1. The Labute approximate surface area is 170 Å². The van der Waals surface area contributed by atoms with Crippen LogP contribution in [0.5, 0.6) is 0 Å². The number of nitrogens with one attached hydrogen (secondary N) is 2. The zero-order chi connectivity index (χ0) is 19.5. The molecule has 4 nitrogen and oxygen atoms in total. The lowest BCUT2D eigenvalue weighted by molar-refractivity contribution is 0.145. The molecule has 28 heavy (non-hydrogen) atoms. The SMILES string of the molecule is N=Nc1c(NCC2CC2)ccc(-c2ccc(CN3CCC(F)CC3)cc2)c1Cl. The molecule has 1 saturated heterocycles. The van der Waals surface area contributed by atoms with E-state index >= 15 is 0 Å². The maximum atomic E-state index is 13.3. The van der Waals surface area contributed by atoms with Gasteiger partial charge in [0.2, 0.25) is 0 Å². The Bertz CT molecular complexity index is 827. The Morgan fingerprint density at radius 2 is 1.79 bits per heavy atom. The van der Waals surface area contributed by atoms with Crippen molar-refractivity contribution < 1.29 is 4.39 Å². The first kappa shape index (κ1) is 19.3. The molecule has 2 fully saturated rings. The summed E-state index contributed by atoms with van der Waals surface area (Å²) in [6, 6.07) is 12.3. The van der Waals surface area contributed by atoms with Gasteiger partial charge in [0.15, 0.2) is 0 Å². The molecular formula is C22H26ClFN4. The van der Waals surface area contributed by atoms with Gasteiger partial charge in [-0.25, -0.2) is 9.92 Å². The van der Waals surface area contributed by atoms with E-state index in [2.05, 4.69) is 39.6 Å². The monoisotopic (exact) mass is 400 g/mol. The second kappa shape index (κ2) is 8.58. The molecule has 0 amide bonds. The Kier molecular flexibility index (Phi) is 5.93. The lowest BCUT2D eigenvalue weighted by Gasteiger charge is -2.28. The summed E-state index contributed by atoms with van der Waals surface area (Å²) < 4.78 is 13.3. The molecule has 148 valence electrons. The zero-order valence-corrected chi connectivity index (χ0v) is 16.7.